The predicted molar refractivity (Wildman–Crippen MR) is 158 cm³/mol. The highest BCUT2D eigenvalue weighted by Crippen LogP contribution is 2.27. The van der Waals surface area contributed by atoms with Gasteiger partial charge in [0.05, 0.1) is 9.85 Å². The molecule has 0 spiro atoms. The predicted octanol–water partition coefficient (Wildman–Crippen LogP) is 4.79. The number of amides is 1. The third kappa shape index (κ3) is 6.93. The second kappa shape index (κ2) is 12.5. The van der Waals surface area contributed by atoms with Gasteiger partial charge in [-0.15, -0.1) is 23.5 Å². The van der Waals surface area contributed by atoms with Crippen molar-refractivity contribution < 1.29 is 19.4 Å². The Balaban J connectivity index is 0.000000227. The molecular weight excluding hydrogens is 612 g/mol. The van der Waals surface area contributed by atoms with E-state index in [9.17, 15) is 25.0 Å². The van der Waals surface area contributed by atoms with Crippen molar-refractivity contribution in [1.29, 1.82) is 0 Å². The Morgan fingerprint density at radius 2 is 1.57 bits per heavy atom. The van der Waals surface area contributed by atoms with Crippen molar-refractivity contribution in [1.82, 2.24) is 34.1 Å². The van der Waals surface area contributed by atoms with Gasteiger partial charge in [0.25, 0.3) is 0 Å². The molecule has 5 rings (SSSR count). The fourth-order valence-corrected chi connectivity index (χ4v) is 5.34. The molecule has 1 fully saturated rings. The highest BCUT2D eigenvalue weighted by Gasteiger charge is 2.30. The second-order valence-electron chi connectivity index (χ2n) is 9.91. The number of rotatable bonds is 6. The number of ether oxygens (including phenoxy) is 1. The first-order chi connectivity index (χ1) is 19.8. The fraction of sp³-hybridized carbons (Fsp3) is 0.435. The molecule has 16 nitrogen and oxygen atoms in total. The van der Waals surface area contributed by atoms with Crippen molar-refractivity contribution in [2.24, 2.45) is 0 Å². The number of hydrogen-bond donors (Lipinski definition) is 1. The number of nitrogens with zero attached hydrogens (tertiary/aromatic N) is 9. The number of nitro groups is 2. The summed E-state index contributed by atoms with van der Waals surface area (Å²) >= 11 is 8.56. The lowest BCUT2D eigenvalue weighted by molar-refractivity contribution is -0.383. The number of nitrogens with one attached hydrogen (secondary N) is 1. The number of fused-ring (bicyclic) bond motifs is 2. The molecule has 0 radical (unpaired) electrons. The minimum atomic E-state index is -0.538. The maximum absolute atomic E-state index is 12.2. The van der Waals surface area contributed by atoms with Crippen LogP contribution in [0.2, 0.25) is 5.15 Å². The van der Waals surface area contributed by atoms with E-state index in [-0.39, 0.29) is 40.0 Å². The summed E-state index contributed by atoms with van der Waals surface area (Å²) in [6, 6.07) is 3.39. The fourth-order valence-electron chi connectivity index (χ4n) is 4.02. The van der Waals surface area contributed by atoms with Gasteiger partial charge in [-0.1, -0.05) is 11.6 Å². The van der Waals surface area contributed by atoms with Crippen LogP contribution in [0, 0.1) is 20.2 Å². The van der Waals surface area contributed by atoms with Gasteiger partial charge in [-0.3, -0.25) is 20.2 Å². The first-order valence-corrected chi connectivity index (χ1v) is 15.2. The molecule has 1 amide bonds. The smallest absolute Gasteiger partial charge is 0.410 e. The Morgan fingerprint density at radius 1 is 1.02 bits per heavy atom. The molecule has 42 heavy (non-hydrogen) atoms. The van der Waals surface area contributed by atoms with Gasteiger partial charge in [0.15, 0.2) is 0 Å². The summed E-state index contributed by atoms with van der Waals surface area (Å²) in [7, 11) is 0. The largest absolute Gasteiger partial charge is 0.444 e. The van der Waals surface area contributed by atoms with Crippen LogP contribution >= 0.6 is 35.1 Å². The molecule has 1 N–H and O–H groups in total. The molecule has 224 valence electrons. The number of carbonyl (C=O) groups excluding carboxylic acids is 1. The first kappa shape index (κ1) is 31.0. The minimum Gasteiger partial charge on any atom is -0.444 e. The van der Waals surface area contributed by atoms with Crippen molar-refractivity contribution in [2.75, 3.05) is 30.9 Å². The Bertz CT molecular complexity index is 1660. The Hall–Kier alpha value is -3.90. The van der Waals surface area contributed by atoms with E-state index in [0.29, 0.717) is 23.9 Å². The Kier molecular flexibility index (Phi) is 9.27. The summed E-state index contributed by atoms with van der Waals surface area (Å²) in [5.74, 6) is 0.520. The van der Waals surface area contributed by atoms with Crippen LogP contribution in [-0.2, 0) is 4.74 Å². The third-order valence-electron chi connectivity index (χ3n) is 5.81. The van der Waals surface area contributed by atoms with Crippen LogP contribution in [0.25, 0.3) is 11.3 Å². The number of aromatic nitrogens is 6. The molecule has 1 saturated heterocycles. The van der Waals surface area contributed by atoms with Gasteiger partial charge >= 0.3 is 17.5 Å². The molecule has 1 atom stereocenters. The molecule has 0 bridgehead atoms. The molecule has 0 saturated carbocycles. The number of likely N-dealkylation sites (tertiary alicyclic amines) is 1. The lowest BCUT2D eigenvalue weighted by Crippen LogP contribution is -2.36. The standard InChI is InChI=1S/C16H22N6O4S.C7H5ClN4O2S/c1-16(2,3)26-15(23)20-6-5-10(9-20)18-12-7-13(27-4)21-14(19-12)11(8-17-21)22(24)25;1-15-6-2-5(8)10-7-4(12(13)14)3-9-11(6)7/h7-8,10H,5-6,9H2,1-4H3,(H,18,19);2-3H,1H3/t10-;/m0./s1. The molecule has 1 aliphatic rings. The zero-order valence-electron chi connectivity index (χ0n) is 23.2. The molecule has 1 aliphatic heterocycles. The van der Waals surface area contributed by atoms with Crippen LogP contribution < -0.4 is 5.32 Å². The molecule has 19 heteroatoms. The van der Waals surface area contributed by atoms with E-state index >= 15 is 0 Å². The number of hydrogen-bond acceptors (Lipinski definition) is 13. The molecule has 4 aromatic heterocycles. The summed E-state index contributed by atoms with van der Waals surface area (Å²) in [5.41, 5.74) is -0.472. The highest BCUT2D eigenvalue weighted by molar-refractivity contribution is 7.98. The summed E-state index contributed by atoms with van der Waals surface area (Å²) in [5, 5.41) is 34.7. The van der Waals surface area contributed by atoms with Gasteiger partial charge < -0.3 is 15.0 Å². The van der Waals surface area contributed by atoms with Gasteiger partial charge in [0.1, 0.15) is 39.0 Å². The first-order valence-electron chi connectivity index (χ1n) is 12.4. The highest BCUT2D eigenvalue weighted by atomic mass is 35.5. The quantitative estimate of drug-likeness (QED) is 0.131. The van der Waals surface area contributed by atoms with E-state index in [1.807, 2.05) is 33.3 Å². The van der Waals surface area contributed by atoms with Crippen LogP contribution in [0.5, 0.6) is 0 Å². The summed E-state index contributed by atoms with van der Waals surface area (Å²) in [4.78, 5) is 42.9. The van der Waals surface area contributed by atoms with Crippen LogP contribution in [-0.4, -0.2) is 87.3 Å². The topological polar surface area (TPSA) is 188 Å². The maximum atomic E-state index is 12.2. The van der Waals surface area contributed by atoms with Crippen LogP contribution in [0.4, 0.5) is 22.0 Å². The van der Waals surface area contributed by atoms with Gasteiger partial charge in [0.2, 0.25) is 11.3 Å². The van der Waals surface area contributed by atoms with E-state index in [4.69, 9.17) is 16.3 Å². The molecule has 0 aromatic carbocycles. The van der Waals surface area contributed by atoms with Crippen LogP contribution in [0.3, 0.4) is 0 Å². The zero-order chi connectivity index (χ0) is 30.8. The average molecular weight is 639 g/mol. The lowest BCUT2D eigenvalue weighted by Gasteiger charge is -2.24. The van der Waals surface area contributed by atoms with Gasteiger partial charge in [-0.05, 0) is 39.7 Å². The Labute approximate surface area is 252 Å². The second-order valence-corrected chi connectivity index (χ2v) is 11.9. The van der Waals surface area contributed by atoms with Gasteiger partial charge in [-0.25, -0.2) is 23.8 Å². The maximum Gasteiger partial charge on any atom is 0.410 e. The third-order valence-corrected chi connectivity index (χ3v) is 7.43. The van der Waals surface area contributed by atoms with Crippen LogP contribution in [0.15, 0.2) is 34.6 Å². The van der Waals surface area contributed by atoms with Gasteiger partial charge in [-0.2, -0.15) is 10.2 Å². The van der Waals surface area contributed by atoms with Crippen LogP contribution in [0.1, 0.15) is 27.2 Å². The lowest BCUT2D eigenvalue weighted by atomic mass is 10.2. The van der Waals surface area contributed by atoms with E-state index in [2.05, 4.69) is 25.5 Å². The van der Waals surface area contributed by atoms with Crippen molar-refractivity contribution in [3.63, 3.8) is 0 Å². The summed E-state index contributed by atoms with van der Waals surface area (Å²) < 4.78 is 8.25. The molecule has 5 heterocycles. The normalized spacial score (nSPS) is 15.0. The summed E-state index contributed by atoms with van der Waals surface area (Å²) in [6.45, 7) is 6.56. The molecule has 4 aromatic rings. The van der Waals surface area contributed by atoms with E-state index in [1.165, 1.54) is 44.9 Å². The van der Waals surface area contributed by atoms with E-state index < -0.39 is 15.4 Å². The van der Waals surface area contributed by atoms with Crippen molar-refractivity contribution in [2.45, 2.75) is 48.9 Å². The monoisotopic (exact) mass is 638 g/mol. The van der Waals surface area contributed by atoms with E-state index in [0.717, 1.165) is 11.4 Å². The number of anilines is 1. The zero-order valence-corrected chi connectivity index (χ0v) is 25.6. The van der Waals surface area contributed by atoms with E-state index in [1.54, 1.807) is 17.0 Å². The van der Waals surface area contributed by atoms with Crippen molar-refractivity contribution in [3.8, 4) is 0 Å². The molecular formula is C23H27ClN10O6S2. The number of halogens is 1. The van der Waals surface area contributed by atoms with Crippen molar-refractivity contribution in [3.05, 3.63) is 49.9 Å². The van der Waals surface area contributed by atoms with Crippen molar-refractivity contribution >= 4 is 69.7 Å². The average Bonchev–Trinajstić information content (AvgIpc) is 3.65. The SMILES string of the molecule is CSc1cc(Cl)nc2c([N+](=O)[O-])cnn12.CSc1cc(N[C@H]2CCN(C(=O)OC(C)(C)C)C2)nc2c([N+](=O)[O-])cnn12. The minimum absolute atomic E-state index is 0.0100. The number of thioether (sulfide) groups is 2. The molecule has 0 unspecified atom stereocenters. The summed E-state index contributed by atoms with van der Waals surface area (Å²) in [6.07, 6.45) is 6.46. The van der Waals surface area contributed by atoms with Gasteiger partial charge in [0, 0.05) is 31.3 Å². The number of carbonyl (C=O) groups is 1. The molecule has 0 aliphatic carbocycles. The Morgan fingerprint density at radius 3 is 2.10 bits per heavy atom.